The molecule has 23 heavy (non-hydrogen) atoms. The molecule has 1 aromatic carbocycles. The van der Waals surface area contributed by atoms with Gasteiger partial charge >= 0.3 is 0 Å². The van der Waals surface area contributed by atoms with E-state index >= 15 is 0 Å². The number of nitrogens with one attached hydrogen (secondary N) is 1. The molecule has 0 saturated heterocycles. The number of amides is 1. The fourth-order valence-corrected chi connectivity index (χ4v) is 2.45. The molecule has 0 aliphatic carbocycles. The van der Waals surface area contributed by atoms with Crippen LogP contribution in [0.15, 0.2) is 24.3 Å². The zero-order valence-corrected chi connectivity index (χ0v) is 13.5. The Kier molecular flexibility index (Phi) is 3.87. The average molecular weight is 332 g/mol. The lowest BCUT2D eigenvalue weighted by Crippen LogP contribution is -2.14. The number of halogens is 1. The number of carbonyl (C=O) groups excluding carboxylic acids is 1. The molecule has 8 heteroatoms. The van der Waals surface area contributed by atoms with Gasteiger partial charge in [0.1, 0.15) is 5.75 Å². The number of carbonyl (C=O) groups is 1. The summed E-state index contributed by atoms with van der Waals surface area (Å²) in [7, 11) is 1.53. The van der Waals surface area contributed by atoms with E-state index in [4.69, 9.17) is 16.3 Å². The molecule has 0 atom stereocenters. The molecule has 0 bridgehead atoms. The number of fused-ring (bicyclic) bond motifs is 1. The number of ether oxygens (including phenoxy) is 1. The van der Waals surface area contributed by atoms with Crippen LogP contribution in [0.5, 0.6) is 5.75 Å². The summed E-state index contributed by atoms with van der Waals surface area (Å²) in [4.78, 5) is 20.7. The van der Waals surface area contributed by atoms with Gasteiger partial charge in [0, 0.05) is 17.1 Å². The van der Waals surface area contributed by atoms with Gasteiger partial charge in [0.2, 0.25) is 5.82 Å². The smallest absolute Gasteiger partial charge is 0.295 e. The minimum Gasteiger partial charge on any atom is -0.495 e. The molecule has 0 aliphatic heterocycles. The highest BCUT2D eigenvalue weighted by Crippen LogP contribution is 2.27. The number of rotatable bonds is 3. The quantitative estimate of drug-likeness (QED) is 0.798. The van der Waals surface area contributed by atoms with E-state index in [1.54, 1.807) is 18.2 Å². The summed E-state index contributed by atoms with van der Waals surface area (Å²) in [6.07, 6.45) is 0. The number of aryl methyl sites for hydroxylation is 2. The third kappa shape index (κ3) is 2.95. The molecule has 118 valence electrons. The van der Waals surface area contributed by atoms with Crippen LogP contribution in [-0.2, 0) is 0 Å². The second kappa shape index (κ2) is 5.85. The summed E-state index contributed by atoms with van der Waals surface area (Å²) in [6.45, 7) is 3.74. The molecule has 3 aromatic rings. The number of anilines is 1. The van der Waals surface area contributed by atoms with Gasteiger partial charge in [0.05, 0.1) is 12.1 Å². The van der Waals surface area contributed by atoms with Crippen molar-refractivity contribution in [3.8, 4) is 5.75 Å². The molecule has 0 spiro atoms. The average Bonchev–Trinajstić information content (AvgIpc) is 2.92. The van der Waals surface area contributed by atoms with Gasteiger partial charge in [-0.05, 0) is 38.1 Å². The lowest BCUT2D eigenvalue weighted by atomic mass is 10.3. The van der Waals surface area contributed by atoms with E-state index in [0.717, 1.165) is 11.4 Å². The van der Waals surface area contributed by atoms with Gasteiger partial charge in [0.15, 0.2) is 0 Å². The highest BCUT2D eigenvalue weighted by molar-refractivity contribution is 6.32. The summed E-state index contributed by atoms with van der Waals surface area (Å²) in [5.74, 6) is 0.526. The first-order valence-corrected chi connectivity index (χ1v) is 7.21. The van der Waals surface area contributed by atoms with Gasteiger partial charge in [0.25, 0.3) is 11.7 Å². The van der Waals surface area contributed by atoms with E-state index in [-0.39, 0.29) is 5.82 Å². The topological polar surface area (TPSA) is 81.4 Å². The Hall–Kier alpha value is -2.67. The van der Waals surface area contributed by atoms with Crippen LogP contribution in [0.3, 0.4) is 0 Å². The van der Waals surface area contributed by atoms with E-state index < -0.39 is 5.91 Å². The van der Waals surface area contributed by atoms with Crippen molar-refractivity contribution < 1.29 is 9.53 Å². The zero-order chi connectivity index (χ0) is 16.6. The Morgan fingerprint density at radius 3 is 2.74 bits per heavy atom. The predicted molar refractivity (Wildman–Crippen MR) is 86.2 cm³/mol. The molecular weight excluding hydrogens is 318 g/mol. The molecule has 0 aliphatic rings. The molecule has 2 heterocycles. The van der Waals surface area contributed by atoms with Crippen molar-refractivity contribution in [1.82, 2.24) is 19.6 Å². The van der Waals surface area contributed by atoms with Gasteiger partial charge < -0.3 is 10.1 Å². The molecule has 0 fully saturated rings. The van der Waals surface area contributed by atoms with Gasteiger partial charge in [-0.2, -0.15) is 4.98 Å². The fraction of sp³-hybridized carbons (Fsp3) is 0.200. The molecule has 1 N–H and O–H groups in total. The highest BCUT2D eigenvalue weighted by Gasteiger charge is 2.15. The summed E-state index contributed by atoms with van der Waals surface area (Å²) in [5.41, 5.74) is 2.20. The van der Waals surface area contributed by atoms with Crippen molar-refractivity contribution in [1.29, 1.82) is 0 Å². The minimum absolute atomic E-state index is 0.0399. The van der Waals surface area contributed by atoms with Crippen molar-refractivity contribution in [3.63, 3.8) is 0 Å². The SMILES string of the molecule is COc1ccc(NC(=O)c2nc3nc(C)cc(C)n3n2)cc1Cl. The van der Waals surface area contributed by atoms with Gasteiger partial charge in [-0.15, -0.1) is 5.10 Å². The van der Waals surface area contributed by atoms with E-state index in [1.165, 1.54) is 11.6 Å². The normalized spacial score (nSPS) is 10.8. The Morgan fingerprint density at radius 2 is 2.04 bits per heavy atom. The van der Waals surface area contributed by atoms with Crippen LogP contribution in [0.1, 0.15) is 22.0 Å². The van der Waals surface area contributed by atoms with Gasteiger partial charge in [-0.25, -0.2) is 9.50 Å². The molecule has 7 nitrogen and oxygen atoms in total. The van der Waals surface area contributed by atoms with Crippen LogP contribution >= 0.6 is 11.6 Å². The van der Waals surface area contributed by atoms with Crippen molar-refractivity contribution in [2.24, 2.45) is 0 Å². The van der Waals surface area contributed by atoms with Crippen molar-refractivity contribution in [2.45, 2.75) is 13.8 Å². The first kappa shape index (κ1) is 15.2. The maximum atomic E-state index is 12.3. The lowest BCUT2D eigenvalue weighted by molar-refractivity contribution is 0.101. The monoisotopic (exact) mass is 331 g/mol. The predicted octanol–water partition coefficient (Wildman–Crippen LogP) is 2.66. The Labute approximate surface area is 137 Å². The molecule has 0 unspecified atom stereocenters. The van der Waals surface area contributed by atoms with Crippen LogP contribution in [0.25, 0.3) is 5.78 Å². The van der Waals surface area contributed by atoms with Gasteiger partial charge in [-0.3, -0.25) is 4.79 Å². The van der Waals surface area contributed by atoms with E-state index in [9.17, 15) is 4.79 Å². The molecule has 1 amide bonds. The molecular formula is C15H14ClN5O2. The second-order valence-electron chi connectivity index (χ2n) is 4.99. The lowest BCUT2D eigenvalue weighted by Gasteiger charge is -2.06. The van der Waals surface area contributed by atoms with Gasteiger partial charge in [-0.1, -0.05) is 11.6 Å². The largest absolute Gasteiger partial charge is 0.495 e. The van der Waals surface area contributed by atoms with Crippen LogP contribution in [0.4, 0.5) is 5.69 Å². The van der Waals surface area contributed by atoms with Crippen LogP contribution < -0.4 is 10.1 Å². The number of benzene rings is 1. The van der Waals surface area contributed by atoms with Crippen molar-refractivity contribution in [3.05, 3.63) is 46.5 Å². The molecule has 2 aromatic heterocycles. The first-order valence-electron chi connectivity index (χ1n) is 6.84. The summed E-state index contributed by atoms with van der Waals surface area (Å²) in [5, 5.41) is 7.28. The fourth-order valence-electron chi connectivity index (χ4n) is 2.19. The summed E-state index contributed by atoms with van der Waals surface area (Å²) >= 11 is 6.04. The highest BCUT2D eigenvalue weighted by atomic mass is 35.5. The Morgan fingerprint density at radius 1 is 1.26 bits per heavy atom. The molecule has 0 radical (unpaired) electrons. The Bertz CT molecular complexity index is 906. The zero-order valence-electron chi connectivity index (χ0n) is 12.8. The maximum Gasteiger partial charge on any atom is 0.295 e. The number of methoxy groups -OCH3 is 1. The van der Waals surface area contributed by atoms with E-state index in [2.05, 4.69) is 20.4 Å². The first-order chi connectivity index (χ1) is 11.0. The second-order valence-corrected chi connectivity index (χ2v) is 5.40. The third-order valence-electron chi connectivity index (χ3n) is 3.23. The Balaban J connectivity index is 1.89. The number of nitrogens with zero attached hydrogens (tertiary/aromatic N) is 4. The van der Waals surface area contributed by atoms with E-state index in [0.29, 0.717) is 22.2 Å². The van der Waals surface area contributed by atoms with Crippen molar-refractivity contribution >= 4 is 29.0 Å². The molecule has 3 rings (SSSR count). The summed E-state index contributed by atoms with van der Waals surface area (Å²) < 4.78 is 6.60. The summed E-state index contributed by atoms with van der Waals surface area (Å²) in [6, 6.07) is 6.82. The van der Waals surface area contributed by atoms with E-state index in [1.807, 2.05) is 19.9 Å². The minimum atomic E-state index is -0.436. The number of aromatic nitrogens is 4. The number of hydrogen-bond acceptors (Lipinski definition) is 5. The standard InChI is InChI=1S/C15H14ClN5O2/c1-8-6-9(2)21-15(17-8)19-13(20-21)14(22)18-10-4-5-12(23-3)11(16)7-10/h4-7H,1-3H3,(H,18,22). The van der Waals surface area contributed by atoms with Crippen LogP contribution in [-0.4, -0.2) is 32.6 Å². The molecule has 0 saturated carbocycles. The van der Waals surface area contributed by atoms with Crippen molar-refractivity contribution in [2.75, 3.05) is 12.4 Å². The third-order valence-corrected chi connectivity index (χ3v) is 3.53. The number of hydrogen-bond donors (Lipinski definition) is 1. The maximum absolute atomic E-state index is 12.3. The van der Waals surface area contributed by atoms with Crippen LogP contribution in [0.2, 0.25) is 5.02 Å². The van der Waals surface area contributed by atoms with Crippen LogP contribution in [0, 0.1) is 13.8 Å².